The number of carbonyl (C=O) groups is 1. The van der Waals surface area contributed by atoms with Gasteiger partial charge >= 0.3 is 0 Å². The number of anilines is 1. The highest BCUT2D eigenvalue weighted by atomic mass is 19.1. The van der Waals surface area contributed by atoms with Crippen molar-refractivity contribution in [1.82, 2.24) is 5.32 Å². The normalized spacial score (nSPS) is 12.0. The third-order valence-electron chi connectivity index (χ3n) is 2.81. The zero-order valence-electron chi connectivity index (χ0n) is 11.2. The molecule has 0 aliphatic rings. The van der Waals surface area contributed by atoms with Crippen molar-refractivity contribution in [3.63, 3.8) is 0 Å². The molecule has 4 heteroatoms. The van der Waals surface area contributed by atoms with Crippen LogP contribution in [0.1, 0.15) is 32.3 Å². The number of amides is 1. The highest BCUT2D eigenvalue weighted by molar-refractivity contribution is 5.84. The number of unbranched alkanes of at least 4 members (excludes halogenated alkanes) is 1. The van der Waals surface area contributed by atoms with Crippen LogP contribution in [0.15, 0.2) is 18.2 Å². The van der Waals surface area contributed by atoms with Gasteiger partial charge in [0.2, 0.25) is 5.91 Å². The average Bonchev–Trinajstić information content (AvgIpc) is 2.34. The van der Waals surface area contributed by atoms with Crippen LogP contribution >= 0.6 is 0 Å². The molecule has 1 aromatic rings. The molecule has 3 nitrogen and oxygen atoms in total. The van der Waals surface area contributed by atoms with Crippen molar-refractivity contribution in [3.05, 3.63) is 29.6 Å². The first-order valence-corrected chi connectivity index (χ1v) is 6.35. The SMILES string of the molecule is CCCCNC(=O)C(C)Nc1c(C)cccc1F. The minimum absolute atomic E-state index is 0.105. The van der Waals surface area contributed by atoms with Gasteiger partial charge in [0.15, 0.2) is 0 Å². The Balaban J connectivity index is 2.58. The fourth-order valence-corrected chi connectivity index (χ4v) is 1.64. The van der Waals surface area contributed by atoms with E-state index in [0.717, 1.165) is 18.4 Å². The van der Waals surface area contributed by atoms with E-state index in [1.54, 1.807) is 13.0 Å². The Kier molecular flexibility index (Phi) is 5.62. The van der Waals surface area contributed by atoms with Gasteiger partial charge in [-0.05, 0) is 31.9 Å². The fraction of sp³-hybridized carbons (Fsp3) is 0.500. The standard InChI is InChI=1S/C14H21FN2O/c1-4-5-9-16-14(18)11(3)17-13-10(2)7-6-8-12(13)15/h6-8,11,17H,4-5,9H2,1-3H3,(H,16,18). The smallest absolute Gasteiger partial charge is 0.242 e. The number of halogens is 1. The maximum absolute atomic E-state index is 13.6. The lowest BCUT2D eigenvalue weighted by Gasteiger charge is -2.17. The molecule has 0 radical (unpaired) electrons. The molecule has 0 aliphatic heterocycles. The van der Waals surface area contributed by atoms with Crippen molar-refractivity contribution in [2.45, 2.75) is 39.7 Å². The van der Waals surface area contributed by atoms with Crippen molar-refractivity contribution in [1.29, 1.82) is 0 Å². The molecule has 0 saturated heterocycles. The molecule has 0 saturated carbocycles. The molecule has 0 aromatic heterocycles. The topological polar surface area (TPSA) is 41.1 Å². The summed E-state index contributed by atoms with van der Waals surface area (Å²) < 4.78 is 13.6. The molecule has 1 unspecified atom stereocenters. The van der Waals surface area contributed by atoms with Gasteiger partial charge in [0, 0.05) is 6.54 Å². The molecule has 1 atom stereocenters. The molecule has 1 amide bonds. The van der Waals surface area contributed by atoms with E-state index in [1.165, 1.54) is 6.07 Å². The number of para-hydroxylation sites is 1. The molecule has 0 heterocycles. The van der Waals surface area contributed by atoms with Crippen LogP contribution in [0.3, 0.4) is 0 Å². The van der Waals surface area contributed by atoms with E-state index in [1.807, 2.05) is 13.0 Å². The number of hydrogen-bond donors (Lipinski definition) is 2. The Labute approximate surface area is 108 Å². The second-order valence-electron chi connectivity index (χ2n) is 4.44. The van der Waals surface area contributed by atoms with E-state index in [9.17, 15) is 9.18 Å². The van der Waals surface area contributed by atoms with Crippen LogP contribution in [0.25, 0.3) is 0 Å². The summed E-state index contributed by atoms with van der Waals surface area (Å²) in [6.45, 7) is 6.27. The van der Waals surface area contributed by atoms with Crippen LogP contribution < -0.4 is 10.6 Å². The van der Waals surface area contributed by atoms with Crippen LogP contribution in [0.4, 0.5) is 10.1 Å². The van der Waals surface area contributed by atoms with Crippen LogP contribution in [0.2, 0.25) is 0 Å². The largest absolute Gasteiger partial charge is 0.371 e. The molecule has 100 valence electrons. The third-order valence-corrected chi connectivity index (χ3v) is 2.81. The maximum Gasteiger partial charge on any atom is 0.242 e. The van der Waals surface area contributed by atoms with Crippen LogP contribution in [-0.2, 0) is 4.79 Å². The first-order chi connectivity index (χ1) is 8.56. The van der Waals surface area contributed by atoms with Gasteiger partial charge in [0.05, 0.1) is 5.69 Å². The summed E-state index contributed by atoms with van der Waals surface area (Å²) >= 11 is 0. The number of rotatable bonds is 6. The van der Waals surface area contributed by atoms with Gasteiger partial charge in [-0.3, -0.25) is 4.79 Å². The number of hydrogen-bond acceptors (Lipinski definition) is 2. The van der Waals surface area contributed by atoms with Gasteiger partial charge in [-0.25, -0.2) is 4.39 Å². The quantitative estimate of drug-likeness (QED) is 0.764. The van der Waals surface area contributed by atoms with Gasteiger partial charge in [0.1, 0.15) is 11.9 Å². The first-order valence-electron chi connectivity index (χ1n) is 6.35. The highest BCUT2D eigenvalue weighted by Gasteiger charge is 2.14. The summed E-state index contributed by atoms with van der Waals surface area (Å²) in [7, 11) is 0. The van der Waals surface area contributed by atoms with Crippen molar-refractivity contribution in [2.75, 3.05) is 11.9 Å². The zero-order chi connectivity index (χ0) is 13.5. The van der Waals surface area contributed by atoms with Crippen molar-refractivity contribution >= 4 is 11.6 Å². The molecular weight excluding hydrogens is 231 g/mol. The molecule has 0 fully saturated rings. The van der Waals surface area contributed by atoms with E-state index in [-0.39, 0.29) is 11.7 Å². The summed E-state index contributed by atoms with van der Waals surface area (Å²) in [6.07, 6.45) is 1.99. The summed E-state index contributed by atoms with van der Waals surface area (Å²) in [5.41, 5.74) is 1.19. The first kappa shape index (κ1) is 14.5. The Morgan fingerprint density at radius 1 is 1.44 bits per heavy atom. The van der Waals surface area contributed by atoms with Gasteiger partial charge in [-0.2, -0.15) is 0 Å². The third kappa shape index (κ3) is 4.02. The van der Waals surface area contributed by atoms with Gasteiger partial charge in [0.25, 0.3) is 0 Å². The van der Waals surface area contributed by atoms with Gasteiger partial charge < -0.3 is 10.6 Å². The Morgan fingerprint density at radius 2 is 2.17 bits per heavy atom. The van der Waals surface area contributed by atoms with E-state index in [4.69, 9.17) is 0 Å². The summed E-state index contributed by atoms with van der Waals surface area (Å²) in [4.78, 5) is 11.7. The number of aryl methyl sites for hydroxylation is 1. The van der Waals surface area contributed by atoms with Crippen LogP contribution in [0.5, 0.6) is 0 Å². The molecule has 1 rings (SSSR count). The molecule has 18 heavy (non-hydrogen) atoms. The second kappa shape index (κ2) is 6.99. The van der Waals surface area contributed by atoms with Gasteiger partial charge in [-0.15, -0.1) is 0 Å². The highest BCUT2D eigenvalue weighted by Crippen LogP contribution is 2.19. The predicted octanol–water partition coefficient (Wildman–Crippen LogP) is 2.85. The van der Waals surface area contributed by atoms with E-state index < -0.39 is 6.04 Å². The van der Waals surface area contributed by atoms with E-state index in [2.05, 4.69) is 17.6 Å². The predicted molar refractivity (Wildman–Crippen MR) is 72.1 cm³/mol. The lowest BCUT2D eigenvalue weighted by atomic mass is 10.1. The Morgan fingerprint density at radius 3 is 2.78 bits per heavy atom. The minimum Gasteiger partial charge on any atom is -0.371 e. The average molecular weight is 252 g/mol. The number of nitrogens with one attached hydrogen (secondary N) is 2. The van der Waals surface area contributed by atoms with Crippen molar-refractivity contribution in [3.8, 4) is 0 Å². The Bertz CT molecular complexity index is 387. The summed E-state index contributed by atoms with van der Waals surface area (Å²) in [5, 5.41) is 5.74. The molecule has 0 spiro atoms. The number of carbonyl (C=O) groups excluding carboxylic acids is 1. The van der Waals surface area contributed by atoms with Crippen molar-refractivity contribution < 1.29 is 9.18 Å². The lowest BCUT2D eigenvalue weighted by Crippen LogP contribution is -2.38. The summed E-state index contributed by atoms with van der Waals surface area (Å²) in [6, 6.07) is 4.41. The molecule has 0 aliphatic carbocycles. The molecular formula is C14H21FN2O. The van der Waals surface area contributed by atoms with Gasteiger partial charge in [-0.1, -0.05) is 25.5 Å². The number of benzene rings is 1. The summed E-state index contributed by atoms with van der Waals surface area (Å²) in [5.74, 6) is -0.436. The second-order valence-corrected chi connectivity index (χ2v) is 4.44. The molecule has 2 N–H and O–H groups in total. The zero-order valence-corrected chi connectivity index (χ0v) is 11.2. The van der Waals surface area contributed by atoms with E-state index >= 15 is 0 Å². The fourth-order valence-electron chi connectivity index (χ4n) is 1.64. The van der Waals surface area contributed by atoms with Crippen LogP contribution in [0, 0.1) is 12.7 Å². The minimum atomic E-state index is -0.447. The molecule has 1 aromatic carbocycles. The van der Waals surface area contributed by atoms with Crippen molar-refractivity contribution in [2.24, 2.45) is 0 Å². The molecule has 0 bridgehead atoms. The maximum atomic E-state index is 13.6. The lowest BCUT2D eigenvalue weighted by molar-refractivity contribution is -0.121. The van der Waals surface area contributed by atoms with E-state index in [0.29, 0.717) is 12.2 Å². The Hall–Kier alpha value is -1.58. The van der Waals surface area contributed by atoms with Crippen LogP contribution in [-0.4, -0.2) is 18.5 Å². The monoisotopic (exact) mass is 252 g/mol.